The highest BCUT2D eigenvalue weighted by Gasteiger charge is 2.38. The largest absolute Gasteiger partial charge is 0.495 e. The van der Waals surface area contributed by atoms with Gasteiger partial charge in [0.15, 0.2) is 0 Å². The zero-order valence-electron chi connectivity index (χ0n) is 14.0. The number of methoxy groups -OCH3 is 1. The topological polar surface area (TPSA) is 89.7 Å². The predicted octanol–water partition coefficient (Wildman–Crippen LogP) is 3.27. The second-order valence-electron chi connectivity index (χ2n) is 5.92. The summed E-state index contributed by atoms with van der Waals surface area (Å²) in [5.41, 5.74) is 0.346. The van der Waals surface area contributed by atoms with Crippen LogP contribution >= 0.6 is 0 Å². The van der Waals surface area contributed by atoms with Gasteiger partial charge in [-0.05, 0) is 36.6 Å². The van der Waals surface area contributed by atoms with Gasteiger partial charge in [-0.25, -0.2) is 12.8 Å². The first-order valence-electron chi connectivity index (χ1n) is 7.94. The van der Waals surface area contributed by atoms with E-state index in [2.05, 4.69) is 0 Å². The van der Waals surface area contributed by atoms with Crippen LogP contribution in [0.1, 0.15) is 24.4 Å². The molecule has 1 fully saturated rings. The van der Waals surface area contributed by atoms with Crippen molar-refractivity contribution in [1.82, 2.24) is 4.31 Å². The van der Waals surface area contributed by atoms with E-state index in [0.29, 0.717) is 18.4 Å². The first kappa shape index (κ1) is 18.3. The standard InChI is InChI=1S/C17H17FN2O5S/c1-25-16-9-8-14(20(21)22)11-17(16)26(23,24)19-10-2-3-15(19)12-4-6-13(18)7-5-12/h4-9,11,15H,2-3,10H2,1H3. The third kappa shape index (κ3) is 3.27. The lowest BCUT2D eigenvalue weighted by molar-refractivity contribution is -0.385. The molecule has 0 aliphatic carbocycles. The molecule has 138 valence electrons. The molecule has 2 aromatic carbocycles. The maximum atomic E-state index is 13.2. The molecule has 1 unspecified atom stereocenters. The van der Waals surface area contributed by atoms with Crippen LogP contribution in [0.2, 0.25) is 0 Å². The summed E-state index contributed by atoms with van der Waals surface area (Å²) in [6.45, 7) is 0.274. The van der Waals surface area contributed by atoms with E-state index in [1.54, 1.807) is 12.1 Å². The normalized spacial score (nSPS) is 18.0. The Kier molecular flexibility index (Phi) is 4.92. The van der Waals surface area contributed by atoms with Crippen molar-refractivity contribution in [2.24, 2.45) is 0 Å². The molecular formula is C17H17FN2O5S. The van der Waals surface area contributed by atoms with Crippen molar-refractivity contribution in [3.8, 4) is 5.75 Å². The fourth-order valence-corrected chi connectivity index (χ4v) is 5.01. The predicted molar refractivity (Wildman–Crippen MR) is 91.9 cm³/mol. The zero-order valence-corrected chi connectivity index (χ0v) is 14.8. The van der Waals surface area contributed by atoms with Crippen molar-refractivity contribution >= 4 is 15.7 Å². The molecule has 1 aliphatic heterocycles. The molecule has 1 saturated heterocycles. The number of nitro groups is 1. The maximum Gasteiger partial charge on any atom is 0.271 e. The minimum absolute atomic E-state index is 0.0420. The Bertz CT molecular complexity index is 931. The second-order valence-corrected chi connectivity index (χ2v) is 7.78. The molecule has 0 saturated carbocycles. The molecule has 0 radical (unpaired) electrons. The van der Waals surface area contributed by atoms with Gasteiger partial charge in [0.1, 0.15) is 16.5 Å². The van der Waals surface area contributed by atoms with Crippen molar-refractivity contribution in [2.75, 3.05) is 13.7 Å². The van der Waals surface area contributed by atoms with Gasteiger partial charge in [-0.1, -0.05) is 12.1 Å². The van der Waals surface area contributed by atoms with Crippen LogP contribution in [0.5, 0.6) is 5.75 Å². The lowest BCUT2D eigenvalue weighted by atomic mass is 10.1. The molecule has 0 amide bonds. The number of ether oxygens (including phenoxy) is 1. The van der Waals surface area contributed by atoms with Crippen LogP contribution in [0.15, 0.2) is 47.4 Å². The van der Waals surface area contributed by atoms with Crippen molar-refractivity contribution in [3.05, 3.63) is 64.0 Å². The molecule has 2 aromatic rings. The number of benzene rings is 2. The Morgan fingerprint density at radius 3 is 2.54 bits per heavy atom. The van der Waals surface area contributed by atoms with Gasteiger partial charge < -0.3 is 4.74 Å². The number of sulfonamides is 1. The summed E-state index contributed by atoms with van der Waals surface area (Å²) < 4.78 is 46.0. The highest BCUT2D eigenvalue weighted by molar-refractivity contribution is 7.89. The molecule has 1 heterocycles. The fourth-order valence-electron chi connectivity index (χ4n) is 3.15. The summed E-state index contributed by atoms with van der Waals surface area (Å²) in [5, 5.41) is 11.0. The molecule has 26 heavy (non-hydrogen) atoms. The summed E-state index contributed by atoms with van der Waals surface area (Å²) in [6.07, 6.45) is 1.22. The number of halogens is 1. The molecule has 3 rings (SSSR count). The van der Waals surface area contributed by atoms with Gasteiger partial charge in [-0.3, -0.25) is 10.1 Å². The van der Waals surface area contributed by atoms with E-state index in [4.69, 9.17) is 4.74 Å². The second kappa shape index (κ2) is 7.00. The zero-order chi connectivity index (χ0) is 18.9. The molecule has 0 bridgehead atoms. The number of non-ortho nitro benzene ring substituents is 1. The number of nitrogens with zero attached hydrogens (tertiary/aromatic N) is 2. The van der Waals surface area contributed by atoms with Crippen molar-refractivity contribution in [1.29, 1.82) is 0 Å². The maximum absolute atomic E-state index is 13.2. The average molecular weight is 380 g/mol. The van der Waals surface area contributed by atoms with Crippen LogP contribution in [-0.4, -0.2) is 31.3 Å². The summed E-state index contributed by atoms with van der Waals surface area (Å²) >= 11 is 0. The van der Waals surface area contributed by atoms with Crippen molar-refractivity contribution in [2.45, 2.75) is 23.8 Å². The molecule has 0 aromatic heterocycles. The van der Waals surface area contributed by atoms with Gasteiger partial charge in [0, 0.05) is 18.7 Å². The number of nitro benzene ring substituents is 1. The Morgan fingerprint density at radius 1 is 1.23 bits per heavy atom. The highest BCUT2D eigenvalue weighted by atomic mass is 32.2. The Labute approximate surface area is 150 Å². The fraction of sp³-hybridized carbons (Fsp3) is 0.294. The van der Waals surface area contributed by atoms with E-state index in [-0.39, 0.29) is 22.9 Å². The third-order valence-electron chi connectivity index (χ3n) is 4.40. The minimum atomic E-state index is -4.03. The van der Waals surface area contributed by atoms with Crippen LogP contribution < -0.4 is 4.74 Å². The number of rotatable bonds is 5. The van der Waals surface area contributed by atoms with Gasteiger partial charge in [0.05, 0.1) is 18.1 Å². The molecule has 1 aliphatic rings. The van der Waals surface area contributed by atoms with Gasteiger partial charge in [-0.2, -0.15) is 4.31 Å². The van der Waals surface area contributed by atoms with Gasteiger partial charge in [-0.15, -0.1) is 0 Å². The summed E-state index contributed by atoms with van der Waals surface area (Å²) in [6, 6.07) is 8.70. The highest BCUT2D eigenvalue weighted by Crippen LogP contribution is 2.39. The van der Waals surface area contributed by atoms with Crippen molar-refractivity contribution in [3.63, 3.8) is 0 Å². The quantitative estimate of drug-likeness (QED) is 0.587. The van der Waals surface area contributed by atoms with Gasteiger partial charge in [0.2, 0.25) is 10.0 Å². The van der Waals surface area contributed by atoms with E-state index in [1.165, 1.54) is 35.7 Å². The third-order valence-corrected chi connectivity index (χ3v) is 6.33. The lowest BCUT2D eigenvalue weighted by Gasteiger charge is -2.25. The van der Waals surface area contributed by atoms with Gasteiger partial charge in [0.25, 0.3) is 5.69 Å². The lowest BCUT2D eigenvalue weighted by Crippen LogP contribution is -2.31. The Morgan fingerprint density at radius 2 is 1.92 bits per heavy atom. The van der Waals surface area contributed by atoms with Gasteiger partial charge >= 0.3 is 0 Å². The van der Waals surface area contributed by atoms with Crippen LogP contribution in [-0.2, 0) is 10.0 Å². The van der Waals surface area contributed by atoms with Crippen LogP contribution in [0.3, 0.4) is 0 Å². The molecular weight excluding hydrogens is 363 g/mol. The van der Waals surface area contributed by atoms with Crippen molar-refractivity contribution < 1.29 is 22.5 Å². The smallest absolute Gasteiger partial charge is 0.271 e. The van der Waals surface area contributed by atoms with E-state index >= 15 is 0 Å². The van der Waals surface area contributed by atoms with E-state index in [1.807, 2.05) is 0 Å². The molecule has 1 atom stereocenters. The first-order valence-corrected chi connectivity index (χ1v) is 9.38. The summed E-state index contributed by atoms with van der Waals surface area (Å²) in [7, 11) is -2.73. The Hall–Kier alpha value is -2.52. The molecule has 0 spiro atoms. The number of hydrogen-bond donors (Lipinski definition) is 0. The monoisotopic (exact) mass is 380 g/mol. The molecule has 9 heteroatoms. The van der Waals surface area contributed by atoms with Crippen LogP contribution in [0.4, 0.5) is 10.1 Å². The summed E-state index contributed by atoms with van der Waals surface area (Å²) in [5.74, 6) is -0.359. The number of hydrogen-bond acceptors (Lipinski definition) is 5. The van der Waals surface area contributed by atoms with E-state index in [0.717, 1.165) is 6.07 Å². The van der Waals surface area contributed by atoms with Crippen LogP contribution in [0, 0.1) is 15.9 Å². The first-order chi connectivity index (χ1) is 12.3. The average Bonchev–Trinajstić information content (AvgIpc) is 3.12. The molecule has 0 N–H and O–H groups in total. The minimum Gasteiger partial charge on any atom is -0.495 e. The Balaban J connectivity index is 2.05. The SMILES string of the molecule is COc1ccc([N+](=O)[O-])cc1S(=O)(=O)N1CCCC1c1ccc(F)cc1. The van der Waals surface area contributed by atoms with E-state index < -0.39 is 26.8 Å². The van der Waals surface area contributed by atoms with Crippen LogP contribution in [0.25, 0.3) is 0 Å². The molecule has 7 nitrogen and oxygen atoms in total. The van der Waals surface area contributed by atoms with E-state index in [9.17, 15) is 22.9 Å². The summed E-state index contributed by atoms with van der Waals surface area (Å²) in [4.78, 5) is 10.1.